The zero-order valence-electron chi connectivity index (χ0n) is 20.9. The number of esters is 4. The molecule has 2 aromatic carbocycles. The Bertz CT molecular complexity index is 1120. The minimum absolute atomic E-state index is 0.0504. The van der Waals surface area contributed by atoms with E-state index in [4.69, 9.17) is 18.9 Å². The molecule has 2 rings (SSSR count). The predicted octanol–water partition coefficient (Wildman–Crippen LogP) is 5.07. The van der Waals surface area contributed by atoms with Gasteiger partial charge in [-0.1, -0.05) is 32.9 Å². The number of hydrogen-bond donors (Lipinski definition) is 0. The molecule has 0 fully saturated rings. The van der Waals surface area contributed by atoms with Gasteiger partial charge in [-0.15, -0.1) is 0 Å². The minimum atomic E-state index is -0.890. The summed E-state index contributed by atoms with van der Waals surface area (Å²) in [6.07, 6.45) is 1.60. The largest absolute Gasteiger partial charge is 0.457 e. The Kier molecular flexibility index (Phi) is 11.2. The molecular weight excluding hydrogens is 486 g/mol. The third-order valence-electron chi connectivity index (χ3n) is 4.77. The number of rotatable bonds is 13. The van der Waals surface area contributed by atoms with Gasteiger partial charge < -0.3 is 18.9 Å². The van der Waals surface area contributed by atoms with Crippen LogP contribution in [0.15, 0.2) is 36.4 Å². The molecule has 0 radical (unpaired) electrons. The second-order valence-electron chi connectivity index (χ2n) is 7.98. The van der Waals surface area contributed by atoms with E-state index in [1.165, 1.54) is 18.2 Å². The molecule has 198 valence electrons. The van der Waals surface area contributed by atoms with E-state index >= 15 is 0 Å². The average Bonchev–Trinajstić information content (AvgIpc) is 2.84. The molecule has 0 bridgehead atoms. The van der Waals surface area contributed by atoms with Crippen molar-refractivity contribution in [3.8, 4) is 17.2 Å². The maximum atomic E-state index is 12.9. The van der Waals surface area contributed by atoms with Gasteiger partial charge in [0.2, 0.25) is 5.75 Å². The molecule has 2 aromatic rings. The monoisotopic (exact) mass is 515 g/mol. The fourth-order valence-corrected chi connectivity index (χ4v) is 3.06. The first-order chi connectivity index (χ1) is 17.7. The van der Waals surface area contributed by atoms with Crippen LogP contribution in [0, 0.1) is 10.1 Å². The van der Waals surface area contributed by atoms with Gasteiger partial charge in [0.25, 0.3) is 5.69 Å². The van der Waals surface area contributed by atoms with E-state index in [0.29, 0.717) is 24.8 Å². The van der Waals surface area contributed by atoms with E-state index in [0.717, 1.165) is 12.1 Å². The topological polar surface area (TPSA) is 148 Å². The number of ether oxygens (including phenoxy) is 4. The lowest BCUT2D eigenvalue weighted by Crippen LogP contribution is -2.16. The van der Waals surface area contributed by atoms with E-state index in [2.05, 4.69) is 0 Å². The Labute approximate surface area is 213 Å². The van der Waals surface area contributed by atoms with Crippen LogP contribution in [0.1, 0.15) is 75.2 Å². The number of nitro benzene ring substituents is 1. The zero-order chi connectivity index (χ0) is 27.4. The third kappa shape index (κ3) is 9.02. The van der Waals surface area contributed by atoms with Crippen molar-refractivity contribution >= 4 is 29.6 Å². The second kappa shape index (κ2) is 14.3. The highest BCUT2D eigenvalue weighted by molar-refractivity contribution is 5.92. The molecule has 0 heterocycles. The quantitative estimate of drug-likeness (QED) is 0.153. The van der Waals surface area contributed by atoms with Crippen molar-refractivity contribution in [2.75, 3.05) is 0 Å². The van der Waals surface area contributed by atoms with E-state index in [1.54, 1.807) is 26.8 Å². The zero-order valence-corrected chi connectivity index (χ0v) is 20.9. The summed E-state index contributed by atoms with van der Waals surface area (Å²) in [4.78, 5) is 60.0. The molecule has 0 aliphatic heterocycles. The van der Waals surface area contributed by atoms with Gasteiger partial charge in [-0.25, -0.2) is 4.79 Å². The molecule has 37 heavy (non-hydrogen) atoms. The lowest BCUT2D eigenvalue weighted by atomic mass is 10.1. The molecule has 0 saturated heterocycles. The summed E-state index contributed by atoms with van der Waals surface area (Å²) in [5, 5.41) is 11.0. The molecule has 0 atom stereocenters. The highest BCUT2D eigenvalue weighted by atomic mass is 16.6. The molecular formula is C26H29NO10. The van der Waals surface area contributed by atoms with E-state index in [-0.39, 0.29) is 54.4 Å². The highest BCUT2D eigenvalue weighted by Crippen LogP contribution is 2.40. The molecule has 0 saturated carbocycles. The first-order valence-corrected chi connectivity index (χ1v) is 11.9. The highest BCUT2D eigenvalue weighted by Gasteiger charge is 2.25. The molecule has 0 aromatic heterocycles. The molecule has 0 aliphatic rings. The van der Waals surface area contributed by atoms with Crippen molar-refractivity contribution in [3.63, 3.8) is 0 Å². The van der Waals surface area contributed by atoms with Crippen LogP contribution in [0.3, 0.4) is 0 Å². The Morgan fingerprint density at radius 1 is 0.784 bits per heavy atom. The van der Waals surface area contributed by atoms with Gasteiger partial charge in [0.15, 0.2) is 11.5 Å². The SMILES string of the molecule is CCCC(=O)Oc1cc(C(=O)OCc2cccc([N+](=O)[O-])c2)cc(OC(=O)CCC)c1OC(=O)CCC. The third-order valence-corrected chi connectivity index (χ3v) is 4.77. The van der Waals surface area contributed by atoms with Gasteiger partial charge in [-0.05, 0) is 37.0 Å². The van der Waals surface area contributed by atoms with Crippen molar-refractivity contribution in [1.82, 2.24) is 0 Å². The molecule has 0 aliphatic carbocycles. The van der Waals surface area contributed by atoms with E-state index in [9.17, 15) is 29.3 Å². The fraction of sp³-hybridized carbons (Fsp3) is 0.385. The number of non-ortho nitro benzene ring substituents is 1. The van der Waals surface area contributed by atoms with E-state index < -0.39 is 28.8 Å². The van der Waals surface area contributed by atoms with Crippen LogP contribution in [0.2, 0.25) is 0 Å². The molecule has 11 nitrogen and oxygen atoms in total. The first kappa shape index (κ1) is 29.0. The van der Waals surface area contributed by atoms with Crippen LogP contribution in [-0.2, 0) is 25.7 Å². The second-order valence-corrected chi connectivity index (χ2v) is 7.98. The maximum absolute atomic E-state index is 12.9. The van der Waals surface area contributed by atoms with Crippen molar-refractivity contribution < 1.29 is 43.0 Å². The lowest BCUT2D eigenvalue weighted by Gasteiger charge is -2.16. The smallest absolute Gasteiger partial charge is 0.338 e. The summed E-state index contributed by atoms with van der Waals surface area (Å²) in [6.45, 7) is 5.02. The Morgan fingerprint density at radius 3 is 1.78 bits per heavy atom. The predicted molar refractivity (Wildman–Crippen MR) is 130 cm³/mol. The average molecular weight is 516 g/mol. The van der Waals surface area contributed by atoms with Crippen LogP contribution < -0.4 is 14.2 Å². The van der Waals surface area contributed by atoms with Crippen LogP contribution in [0.5, 0.6) is 17.2 Å². The Hall–Kier alpha value is -4.28. The number of hydrogen-bond acceptors (Lipinski definition) is 10. The van der Waals surface area contributed by atoms with Crippen LogP contribution >= 0.6 is 0 Å². The molecule has 0 spiro atoms. The number of carbonyl (C=O) groups is 4. The maximum Gasteiger partial charge on any atom is 0.338 e. The summed E-state index contributed by atoms with van der Waals surface area (Å²) in [5.74, 6) is -3.71. The first-order valence-electron chi connectivity index (χ1n) is 11.9. The number of carbonyl (C=O) groups excluding carboxylic acids is 4. The number of benzene rings is 2. The van der Waals surface area contributed by atoms with Crippen LogP contribution in [-0.4, -0.2) is 28.8 Å². The van der Waals surface area contributed by atoms with Gasteiger partial charge in [-0.3, -0.25) is 24.5 Å². The standard InChI is InChI=1S/C26H29NO10/c1-4-8-22(28)35-20-14-18(26(31)34-16-17-11-7-12-19(13-17)27(32)33)15-21(36-23(29)9-5-2)25(20)37-24(30)10-6-3/h7,11-15H,4-6,8-10,16H2,1-3H3. The lowest BCUT2D eigenvalue weighted by molar-refractivity contribution is -0.384. The molecule has 0 unspecified atom stereocenters. The van der Waals surface area contributed by atoms with Crippen molar-refractivity contribution in [2.24, 2.45) is 0 Å². The Morgan fingerprint density at radius 2 is 1.30 bits per heavy atom. The van der Waals surface area contributed by atoms with Gasteiger partial charge in [-0.2, -0.15) is 0 Å². The van der Waals surface area contributed by atoms with Gasteiger partial charge >= 0.3 is 23.9 Å². The summed E-state index contributed by atoms with van der Waals surface area (Å²) in [5.41, 5.74) is 0.0539. The number of nitrogens with zero attached hydrogens (tertiary/aromatic N) is 1. The Balaban J connectivity index is 2.45. The van der Waals surface area contributed by atoms with Crippen LogP contribution in [0.4, 0.5) is 5.69 Å². The molecule has 11 heteroatoms. The van der Waals surface area contributed by atoms with Gasteiger partial charge in [0.1, 0.15) is 6.61 Å². The van der Waals surface area contributed by atoms with Crippen molar-refractivity contribution in [3.05, 3.63) is 57.6 Å². The summed E-state index contributed by atoms with van der Waals surface area (Å²) >= 11 is 0. The van der Waals surface area contributed by atoms with E-state index in [1.807, 2.05) is 0 Å². The normalized spacial score (nSPS) is 10.4. The molecule has 0 amide bonds. The van der Waals surface area contributed by atoms with Crippen LogP contribution in [0.25, 0.3) is 0 Å². The minimum Gasteiger partial charge on any atom is -0.457 e. The van der Waals surface area contributed by atoms with Gasteiger partial charge in [0.05, 0.1) is 10.5 Å². The van der Waals surface area contributed by atoms with Crippen molar-refractivity contribution in [2.45, 2.75) is 65.9 Å². The number of nitro groups is 1. The van der Waals surface area contributed by atoms with Gasteiger partial charge in [0, 0.05) is 31.4 Å². The fourth-order valence-electron chi connectivity index (χ4n) is 3.06. The summed E-state index contributed by atoms with van der Waals surface area (Å²) < 4.78 is 21.3. The summed E-state index contributed by atoms with van der Waals surface area (Å²) in [6, 6.07) is 7.87. The molecule has 0 N–H and O–H groups in total. The van der Waals surface area contributed by atoms with Crippen molar-refractivity contribution in [1.29, 1.82) is 0 Å². The summed E-state index contributed by atoms with van der Waals surface area (Å²) in [7, 11) is 0.